The van der Waals surface area contributed by atoms with Gasteiger partial charge in [-0.05, 0) is 37.1 Å². The fourth-order valence-electron chi connectivity index (χ4n) is 6.11. The lowest BCUT2D eigenvalue weighted by molar-refractivity contribution is -0.120. The smallest absolute Gasteiger partial charge is 0.274 e. The van der Waals surface area contributed by atoms with Gasteiger partial charge in [-0.25, -0.2) is 9.97 Å². The zero-order valence-corrected chi connectivity index (χ0v) is 29.7. The van der Waals surface area contributed by atoms with Gasteiger partial charge in [0.15, 0.2) is 0 Å². The van der Waals surface area contributed by atoms with Crippen LogP contribution in [0.4, 0.5) is 5.69 Å². The number of hydrogen-bond donors (Lipinski definition) is 5. The molecule has 4 aromatic rings. The van der Waals surface area contributed by atoms with E-state index in [9.17, 15) is 14.4 Å². The molecule has 3 amide bonds. The number of carbonyl (C=O) groups excluding carboxylic acids is 3. The first-order chi connectivity index (χ1) is 24.7. The van der Waals surface area contributed by atoms with Crippen molar-refractivity contribution in [2.45, 2.75) is 50.9 Å². The number of carbonyl (C=O) groups is 3. The lowest BCUT2D eigenvalue weighted by Crippen LogP contribution is -2.35. The number of nitrogens with zero attached hydrogens (tertiary/aromatic N) is 3. The van der Waals surface area contributed by atoms with Crippen molar-refractivity contribution in [2.75, 3.05) is 32.6 Å². The highest BCUT2D eigenvalue weighted by molar-refractivity contribution is 6.39. The second-order valence-electron chi connectivity index (χ2n) is 12.3. The lowest BCUT2D eigenvalue weighted by Gasteiger charge is -2.15. The maximum Gasteiger partial charge on any atom is 0.274 e. The zero-order valence-electron chi connectivity index (χ0n) is 28.1. The third-order valence-electron chi connectivity index (χ3n) is 8.78. The largest absolute Gasteiger partial charge is 0.495 e. The van der Waals surface area contributed by atoms with E-state index in [-0.39, 0.29) is 34.6 Å². The van der Waals surface area contributed by atoms with Crippen LogP contribution in [0.1, 0.15) is 47.3 Å². The molecule has 0 aliphatic carbocycles. The first-order valence-electron chi connectivity index (χ1n) is 16.6. The summed E-state index contributed by atoms with van der Waals surface area (Å²) in [4.78, 5) is 50.0. The minimum atomic E-state index is -0.465. The summed E-state index contributed by atoms with van der Waals surface area (Å²) in [6.45, 7) is 2.16. The van der Waals surface area contributed by atoms with Crippen molar-refractivity contribution >= 4 is 46.6 Å². The van der Waals surface area contributed by atoms with Crippen molar-refractivity contribution in [2.24, 2.45) is 0 Å². The number of aromatic nitrogens is 3. The molecule has 3 aromatic heterocycles. The van der Waals surface area contributed by atoms with Gasteiger partial charge in [0.05, 0.1) is 47.5 Å². The fraction of sp³-hybridized carbons (Fsp3) is 0.333. The van der Waals surface area contributed by atoms with Gasteiger partial charge in [-0.1, -0.05) is 41.4 Å². The Labute approximate surface area is 305 Å². The number of benzene rings is 1. The van der Waals surface area contributed by atoms with Crippen molar-refractivity contribution in [3.05, 3.63) is 81.7 Å². The molecule has 2 saturated heterocycles. The summed E-state index contributed by atoms with van der Waals surface area (Å²) in [5.74, 6) is 0.643. The van der Waals surface area contributed by atoms with E-state index in [0.29, 0.717) is 83.9 Å². The number of methoxy groups -OCH3 is 2. The van der Waals surface area contributed by atoms with Crippen LogP contribution in [0.2, 0.25) is 10.0 Å². The number of halogens is 2. The molecule has 0 saturated carbocycles. The van der Waals surface area contributed by atoms with Crippen LogP contribution in [-0.4, -0.2) is 72.1 Å². The Morgan fingerprint density at radius 3 is 2.22 bits per heavy atom. The molecule has 2 fully saturated rings. The fourth-order valence-corrected chi connectivity index (χ4v) is 6.68. The van der Waals surface area contributed by atoms with Crippen LogP contribution in [0.5, 0.6) is 11.6 Å². The molecule has 2 aliphatic rings. The van der Waals surface area contributed by atoms with Gasteiger partial charge in [-0.2, -0.15) is 0 Å². The Hall–Kier alpha value is -4.82. The highest BCUT2D eigenvalue weighted by Gasteiger charge is 2.23. The van der Waals surface area contributed by atoms with Gasteiger partial charge in [0.25, 0.3) is 5.91 Å². The predicted molar refractivity (Wildman–Crippen MR) is 194 cm³/mol. The average Bonchev–Trinajstić information content (AvgIpc) is 3.76. The van der Waals surface area contributed by atoms with Gasteiger partial charge in [-0.3, -0.25) is 19.4 Å². The van der Waals surface area contributed by atoms with Crippen LogP contribution in [0, 0.1) is 0 Å². The summed E-state index contributed by atoms with van der Waals surface area (Å²) in [6.07, 6.45) is 5.78. The number of pyridine rings is 3. The van der Waals surface area contributed by atoms with Crippen molar-refractivity contribution in [3.63, 3.8) is 0 Å². The predicted octanol–water partition coefficient (Wildman–Crippen LogP) is 4.52. The van der Waals surface area contributed by atoms with Crippen LogP contribution < -0.4 is 36.1 Å². The summed E-state index contributed by atoms with van der Waals surface area (Å²) >= 11 is 13.8. The van der Waals surface area contributed by atoms with E-state index in [1.54, 1.807) is 50.7 Å². The molecule has 6 rings (SSSR count). The summed E-state index contributed by atoms with van der Waals surface area (Å²) in [5, 5.41) is 16.0. The molecule has 0 bridgehead atoms. The molecule has 1 aromatic carbocycles. The second kappa shape index (κ2) is 16.5. The summed E-state index contributed by atoms with van der Waals surface area (Å²) < 4.78 is 11.1. The van der Waals surface area contributed by atoms with Crippen molar-refractivity contribution in [3.8, 4) is 34.1 Å². The van der Waals surface area contributed by atoms with Crippen LogP contribution in [0.25, 0.3) is 22.5 Å². The normalized spacial score (nSPS) is 16.9. The average molecular weight is 734 g/mol. The first kappa shape index (κ1) is 36.0. The zero-order chi connectivity index (χ0) is 35.9. The van der Waals surface area contributed by atoms with Gasteiger partial charge in [-0.15, -0.1) is 0 Å². The molecule has 0 spiro atoms. The van der Waals surface area contributed by atoms with E-state index in [1.165, 1.54) is 6.20 Å². The van der Waals surface area contributed by atoms with Crippen molar-refractivity contribution in [1.29, 1.82) is 0 Å². The van der Waals surface area contributed by atoms with Gasteiger partial charge < -0.3 is 36.1 Å². The number of anilines is 1. The number of nitrogens with one attached hydrogen (secondary N) is 5. The molecule has 2 unspecified atom stereocenters. The summed E-state index contributed by atoms with van der Waals surface area (Å²) in [6, 6.07) is 12.6. The molecule has 15 heteroatoms. The molecule has 5 N–H and O–H groups in total. The van der Waals surface area contributed by atoms with E-state index < -0.39 is 5.91 Å². The Morgan fingerprint density at radius 1 is 0.863 bits per heavy atom. The van der Waals surface area contributed by atoms with Crippen molar-refractivity contribution in [1.82, 2.24) is 36.2 Å². The van der Waals surface area contributed by atoms with Crippen LogP contribution >= 0.6 is 23.2 Å². The third-order valence-corrected chi connectivity index (χ3v) is 9.57. The van der Waals surface area contributed by atoms with Crippen LogP contribution in [0.3, 0.4) is 0 Å². The molecule has 266 valence electrons. The number of ether oxygens (including phenoxy) is 2. The molecule has 51 heavy (non-hydrogen) atoms. The number of hydrogen-bond acceptors (Lipinski definition) is 10. The van der Waals surface area contributed by atoms with E-state index >= 15 is 0 Å². The van der Waals surface area contributed by atoms with E-state index in [2.05, 4.69) is 36.6 Å². The van der Waals surface area contributed by atoms with Gasteiger partial charge in [0, 0.05) is 79.6 Å². The Bertz CT molecular complexity index is 1940. The van der Waals surface area contributed by atoms with Crippen molar-refractivity contribution < 1.29 is 23.9 Å². The lowest BCUT2D eigenvalue weighted by atomic mass is 10.1. The summed E-state index contributed by atoms with van der Waals surface area (Å²) in [7, 11) is 3.10. The maximum absolute atomic E-state index is 13.4. The molecule has 2 atom stereocenters. The highest BCUT2D eigenvalue weighted by atomic mass is 35.5. The SMILES string of the molecule is COc1cnc(C(=O)Nc2cccc(-c3nccc(-c4ccc(CNCC5CCC(=O)N5)c(OC)n4)c3Cl)c2Cl)cc1CNCC1CCC(=O)N1. The Kier molecular flexibility index (Phi) is 11.6. The quantitative estimate of drug-likeness (QED) is 0.124. The monoisotopic (exact) mass is 732 g/mol. The van der Waals surface area contributed by atoms with E-state index in [1.807, 2.05) is 12.1 Å². The van der Waals surface area contributed by atoms with Gasteiger partial charge >= 0.3 is 0 Å². The molecular formula is C36H38Cl2N8O5. The topological polar surface area (TPSA) is 168 Å². The van der Waals surface area contributed by atoms with E-state index in [4.69, 9.17) is 37.7 Å². The summed E-state index contributed by atoms with van der Waals surface area (Å²) in [5.41, 5.74) is 4.25. The van der Waals surface area contributed by atoms with Crippen LogP contribution in [0.15, 0.2) is 54.9 Å². The molecule has 0 radical (unpaired) electrons. The molecular weight excluding hydrogens is 695 g/mol. The molecule has 2 aliphatic heterocycles. The Balaban J connectivity index is 1.16. The van der Waals surface area contributed by atoms with E-state index in [0.717, 1.165) is 24.0 Å². The minimum Gasteiger partial charge on any atom is -0.495 e. The highest BCUT2D eigenvalue weighted by Crippen LogP contribution is 2.40. The first-order valence-corrected chi connectivity index (χ1v) is 17.3. The van der Waals surface area contributed by atoms with Gasteiger partial charge in [0.2, 0.25) is 17.7 Å². The van der Waals surface area contributed by atoms with Gasteiger partial charge in [0.1, 0.15) is 11.4 Å². The molecule has 13 nitrogen and oxygen atoms in total. The second-order valence-corrected chi connectivity index (χ2v) is 13.0. The number of rotatable bonds is 14. The number of amides is 3. The minimum absolute atomic E-state index is 0.0526. The maximum atomic E-state index is 13.4. The molecule has 5 heterocycles. The third kappa shape index (κ3) is 8.56. The standard InChI is InChI=1S/C36H38Cl2N8O5/c1-50-29-19-42-28(14-21(29)16-40-18-23-8-11-31(48)44-23)35(49)45-27-5-3-4-25(32(27)37)34-33(38)24(12-13-41-34)26-9-6-20(36(46-26)51-2)15-39-17-22-7-10-30(47)43-22/h3-6,9,12-14,19,22-23,39-40H,7-8,10-11,15-18H2,1-2H3,(H,43,47)(H,44,48)(H,45,49). The Morgan fingerprint density at radius 2 is 1.57 bits per heavy atom. The van der Waals surface area contributed by atoms with Crippen LogP contribution in [-0.2, 0) is 22.7 Å².